The van der Waals surface area contributed by atoms with Gasteiger partial charge in [-0.2, -0.15) is 8.61 Å². The van der Waals surface area contributed by atoms with Crippen LogP contribution >= 0.6 is 0 Å². The minimum absolute atomic E-state index is 0.179. The molecule has 0 amide bonds. The summed E-state index contributed by atoms with van der Waals surface area (Å²) in [6.45, 7) is 6.51. The monoisotopic (exact) mass is 622 g/mol. The van der Waals surface area contributed by atoms with E-state index < -0.39 is 20.0 Å². The molecule has 0 atom stereocenters. The molecule has 232 valence electrons. The zero-order valence-corrected chi connectivity index (χ0v) is 26.0. The maximum absolute atomic E-state index is 13.2. The highest BCUT2D eigenvalue weighted by Crippen LogP contribution is 2.17. The molecule has 0 saturated heterocycles. The third-order valence-corrected chi connectivity index (χ3v) is 10.3. The molecular weight excluding hydrogens is 580 g/mol. The SMILES string of the molecule is Cc1ccc(S(=O)(=O)N2CCOC/C=C/COCCN(S(=O)(=O)c3ccc(C)cc3)CCOC/C=C/COCC2)cc1. The lowest BCUT2D eigenvalue weighted by atomic mass is 10.2. The van der Waals surface area contributed by atoms with E-state index in [1.807, 2.05) is 13.8 Å². The Morgan fingerprint density at radius 3 is 1.00 bits per heavy atom. The van der Waals surface area contributed by atoms with Gasteiger partial charge in [0.25, 0.3) is 0 Å². The molecule has 0 N–H and O–H groups in total. The zero-order valence-electron chi connectivity index (χ0n) is 24.4. The van der Waals surface area contributed by atoms with Gasteiger partial charge in [0.2, 0.25) is 20.0 Å². The van der Waals surface area contributed by atoms with Gasteiger partial charge in [0.1, 0.15) is 0 Å². The average Bonchev–Trinajstić information content (AvgIpc) is 2.96. The normalized spacial score (nSPS) is 20.6. The van der Waals surface area contributed by atoms with Gasteiger partial charge in [0.15, 0.2) is 0 Å². The number of hydrogen-bond acceptors (Lipinski definition) is 8. The summed E-state index contributed by atoms with van der Waals surface area (Å²) >= 11 is 0. The van der Waals surface area contributed by atoms with E-state index in [1.54, 1.807) is 72.8 Å². The first-order chi connectivity index (χ1) is 20.2. The van der Waals surface area contributed by atoms with Crippen LogP contribution in [0.1, 0.15) is 11.1 Å². The molecule has 12 heteroatoms. The largest absolute Gasteiger partial charge is 0.376 e. The molecule has 0 unspecified atom stereocenters. The van der Waals surface area contributed by atoms with Crippen LogP contribution in [0, 0.1) is 13.8 Å². The molecule has 1 aliphatic heterocycles. The van der Waals surface area contributed by atoms with Gasteiger partial charge >= 0.3 is 0 Å². The first-order valence-corrected chi connectivity index (χ1v) is 16.8. The van der Waals surface area contributed by atoms with Crippen molar-refractivity contribution in [2.75, 3.05) is 79.0 Å². The smallest absolute Gasteiger partial charge is 0.243 e. The minimum atomic E-state index is -3.71. The molecule has 42 heavy (non-hydrogen) atoms. The van der Waals surface area contributed by atoms with Crippen molar-refractivity contribution in [2.24, 2.45) is 0 Å². The number of benzene rings is 2. The van der Waals surface area contributed by atoms with E-state index in [2.05, 4.69) is 0 Å². The summed E-state index contributed by atoms with van der Waals surface area (Å²) < 4.78 is 78.3. The number of hydrogen-bond donors (Lipinski definition) is 0. The van der Waals surface area contributed by atoms with Crippen LogP contribution in [0.4, 0.5) is 0 Å². The molecule has 1 aliphatic rings. The topological polar surface area (TPSA) is 112 Å². The molecule has 10 nitrogen and oxygen atoms in total. The van der Waals surface area contributed by atoms with Crippen molar-refractivity contribution in [1.29, 1.82) is 0 Å². The molecule has 2 aromatic rings. The second-order valence-electron chi connectivity index (χ2n) is 9.68. The summed E-state index contributed by atoms with van der Waals surface area (Å²) in [5, 5.41) is 0. The average molecular weight is 623 g/mol. The van der Waals surface area contributed by atoms with Gasteiger partial charge in [-0.3, -0.25) is 0 Å². The van der Waals surface area contributed by atoms with E-state index in [1.165, 1.54) is 8.61 Å². The molecule has 0 fully saturated rings. The van der Waals surface area contributed by atoms with E-state index in [-0.39, 0.29) is 88.8 Å². The number of rotatable bonds is 4. The third kappa shape index (κ3) is 11.0. The van der Waals surface area contributed by atoms with Crippen molar-refractivity contribution in [3.05, 3.63) is 84.0 Å². The highest BCUT2D eigenvalue weighted by molar-refractivity contribution is 7.89. The Morgan fingerprint density at radius 1 is 0.476 bits per heavy atom. The second kappa shape index (κ2) is 17.6. The van der Waals surface area contributed by atoms with Gasteiger partial charge in [0, 0.05) is 26.2 Å². The van der Waals surface area contributed by atoms with E-state index in [9.17, 15) is 16.8 Å². The Morgan fingerprint density at radius 2 is 0.738 bits per heavy atom. The van der Waals surface area contributed by atoms with E-state index in [0.717, 1.165) is 11.1 Å². The molecule has 3 rings (SSSR count). The quantitative estimate of drug-likeness (QED) is 0.479. The third-order valence-electron chi connectivity index (χ3n) is 6.45. The van der Waals surface area contributed by atoms with Crippen LogP contribution in [0.5, 0.6) is 0 Å². The fraction of sp³-hybridized carbons (Fsp3) is 0.467. The summed E-state index contributed by atoms with van der Waals surface area (Å²) in [6, 6.07) is 13.5. The Hall–Kier alpha value is -2.42. The standard InChI is InChI=1S/C30H42N2O8S2/c1-27-7-11-29(12-8-27)41(33,34)31-15-23-37-19-3-5-21-39-25-17-32(18-26-40-22-6-4-20-38-24-16-31)42(35,36)30-13-9-28(2)10-14-30/h3-14H,15-26H2,1-2H3/b5-3+,6-4+. The van der Waals surface area contributed by atoms with Gasteiger partial charge in [-0.15, -0.1) is 0 Å². The fourth-order valence-corrected chi connectivity index (χ4v) is 6.78. The first-order valence-electron chi connectivity index (χ1n) is 14.0. The summed E-state index contributed by atoms with van der Waals surface area (Å²) in [6.07, 6.45) is 7.15. The number of aryl methyl sites for hydroxylation is 2. The van der Waals surface area contributed by atoms with Crippen molar-refractivity contribution in [3.63, 3.8) is 0 Å². The molecule has 1 heterocycles. The Labute approximate surface area is 250 Å². The van der Waals surface area contributed by atoms with Crippen LogP contribution in [0.15, 0.2) is 82.6 Å². The lowest BCUT2D eigenvalue weighted by molar-refractivity contribution is 0.115. The molecule has 0 bridgehead atoms. The van der Waals surface area contributed by atoms with E-state index in [0.29, 0.717) is 0 Å². The molecule has 0 aliphatic carbocycles. The predicted molar refractivity (Wildman–Crippen MR) is 161 cm³/mol. The fourth-order valence-electron chi connectivity index (χ4n) is 3.97. The summed E-state index contributed by atoms with van der Waals surface area (Å²) in [4.78, 5) is 0.461. The Kier molecular flexibility index (Phi) is 14.3. The van der Waals surface area contributed by atoms with E-state index in [4.69, 9.17) is 18.9 Å². The lowest BCUT2D eigenvalue weighted by Crippen LogP contribution is -2.37. The molecule has 2 aromatic carbocycles. The number of nitrogens with zero attached hydrogens (tertiary/aromatic N) is 2. The molecule has 0 saturated carbocycles. The van der Waals surface area contributed by atoms with E-state index >= 15 is 0 Å². The maximum atomic E-state index is 13.2. The highest BCUT2D eigenvalue weighted by Gasteiger charge is 2.25. The summed E-state index contributed by atoms with van der Waals surface area (Å²) in [7, 11) is -7.42. The minimum Gasteiger partial charge on any atom is -0.376 e. The molecule has 0 spiro atoms. The van der Waals surface area contributed by atoms with Gasteiger partial charge in [-0.05, 0) is 38.1 Å². The van der Waals surface area contributed by atoms with Crippen LogP contribution < -0.4 is 0 Å². The number of sulfonamides is 2. The van der Waals surface area contributed by atoms with Crippen LogP contribution in [-0.4, -0.2) is 104 Å². The van der Waals surface area contributed by atoms with Gasteiger partial charge in [0.05, 0.1) is 62.6 Å². The van der Waals surface area contributed by atoms with Crippen LogP contribution in [0.25, 0.3) is 0 Å². The van der Waals surface area contributed by atoms with Gasteiger partial charge < -0.3 is 18.9 Å². The Balaban J connectivity index is 1.60. The second-order valence-corrected chi connectivity index (χ2v) is 13.6. The molecule has 0 aromatic heterocycles. The maximum Gasteiger partial charge on any atom is 0.243 e. The van der Waals surface area contributed by atoms with Gasteiger partial charge in [-0.25, -0.2) is 16.8 Å². The van der Waals surface area contributed by atoms with Crippen LogP contribution in [-0.2, 0) is 39.0 Å². The molecular formula is C30H42N2O8S2. The number of ether oxygens (including phenoxy) is 4. The van der Waals surface area contributed by atoms with Crippen molar-refractivity contribution >= 4 is 20.0 Å². The Bertz CT molecular complexity index is 1210. The van der Waals surface area contributed by atoms with Crippen molar-refractivity contribution < 1.29 is 35.8 Å². The first kappa shape index (κ1) is 34.1. The lowest BCUT2D eigenvalue weighted by Gasteiger charge is -2.22. The van der Waals surface area contributed by atoms with Crippen LogP contribution in [0.3, 0.4) is 0 Å². The van der Waals surface area contributed by atoms with Crippen LogP contribution in [0.2, 0.25) is 0 Å². The molecule has 0 radical (unpaired) electrons. The van der Waals surface area contributed by atoms with Crippen molar-refractivity contribution in [3.8, 4) is 0 Å². The summed E-state index contributed by atoms with van der Waals surface area (Å²) in [5.74, 6) is 0. The highest BCUT2D eigenvalue weighted by atomic mass is 32.2. The van der Waals surface area contributed by atoms with Crippen molar-refractivity contribution in [2.45, 2.75) is 23.6 Å². The zero-order chi connectivity index (χ0) is 30.3. The van der Waals surface area contributed by atoms with Crippen molar-refractivity contribution in [1.82, 2.24) is 8.61 Å². The van der Waals surface area contributed by atoms with Gasteiger partial charge in [-0.1, -0.05) is 59.7 Å². The summed E-state index contributed by atoms with van der Waals surface area (Å²) in [5.41, 5.74) is 1.96. The predicted octanol–water partition coefficient (Wildman–Crippen LogP) is 3.18.